The van der Waals surface area contributed by atoms with Gasteiger partial charge >= 0.3 is 0 Å². The van der Waals surface area contributed by atoms with Crippen molar-refractivity contribution in [2.75, 3.05) is 32.7 Å². The minimum atomic E-state index is -1.18. The molecule has 5 N–H and O–H groups in total. The van der Waals surface area contributed by atoms with Crippen molar-refractivity contribution >= 4 is 22.9 Å². The average molecular weight is 472 g/mol. The fourth-order valence-corrected chi connectivity index (χ4v) is 4.04. The fourth-order valence-electron chi connectivity index (χ4n) is 4.04. The molecule has 4 rings (SSSR count). The summed E-state index contributed by atoms with van der Waals surface area (Å²) in [5.41, 5.74) is 7.98. The van der Waals surface area contributed by atoms with Gasteiger partial charge < -0.3 is 35.6 Å². The van der Waals surface area contributed by atoms with Crippen LogP contribution in [-0.2, 0) is 16.0 Å². The minimum absolute atomic E-state index is 0.295. The van der Waals surface area contributed by atoms with E-state index in [-0.39, 0.29) is 0 Å². The van der Waals surface area contributed by atoms with Crippen molar-refractivity contribution in [3.8, 4) is 5.75 Å². The van der Waals surface area contributed by atoms with Gasteiger partial charge in [0.05, 0.1) is 32.1 Å². The molecule has 1 fully saturated rings. The molecule has 0 spiro atoms. The molecule has 2 aromatic heterocycles. The average Bonchev–Trinajstić information content (AvgIpc) is 3.40. The molecule has 182 valence electrons. The van der Waals surface area contributed by atoms with Gasteiger partial charge in [0.1, 0.15) is 24.3 Å². The Hall–Kier alpha value is -3.32. The number of carbonyl (C=O) groups is 1. The Labute approximate surface area is 196 Å². The first-order valence-corrected chi connectivity index (χ1v) is 10.8. The lowest BCUT2D eigenvalue weighted by Crippen LogP contribution is -2.53. The van der Waals surface area contributed by atoms with Crippen molar-refractivity contribution in [2.45, 2.75) is 36.9 Å². The van der Waals surface area contributed by atoms with Crippen molar-refractivity contribution in [2.24, 2.45) is 5.73 Å². The van der Waals surface area contributed by atoms with Crippen LogP contribution in [0.15, 0.2) is 36.9 Å². The normalized spacial score (nSPS) is 23.1. The maximum Gasteiger partial charge on any atom is 0.237 e. The van der Waals surface area contributed by atoms with Gasteiger partial charge in [-0.15, -0.1) is 0 Å². The second kappa shape index (κ2) is 9.89. The van der Waals surface area contributed by atoms with Gasteiger partial charge in [-0.25, -0.2) is 15.0 Å². The van der Waals surface area contributed by atoms with E-state index < -0.39 is 43.0 Å². The molecule has 3 aromatic rings. The summed E-state index contributed by atoms with van der Waals surface area (Å²) in [5.74, 6) is 0.861. The number of aliphatic hydroxyl groups is 2. The molecule has 1 amide bonds. The molecule has 34 heavy (non-hydrogen) atoms. The highest BCUT2D eigenvalue weighted by Gasteiger charge is 2.46. The highest BCUT2D eigenvalue weighted by molar-refractivity contribution is 5.83. The molecule has 0 aliphatic carbocycles. The Kier molecular flexibility index (Phi) is 6.93. The molecular weight excluding hydrogens is 442 g/mol. The van der Waals surface area contributed by atoms with E-state index >= 15 is 0 Å². The van der Waals surface area contributed by atoms with Crippen molar-refractivity contribution in [3.63, 3.8) is 0 Å². The van der Waals surface area contributed by atoms with Crippen LogP contribution in [0.5, 0.6) is 5.75 Å². The monoisotopic (exact) mass is 471 g/mol. The molecular formula is C22H29N7O5. The van der Waals surface area contributed by atoms with Crippen LogP contribution in [0.3, 0.4) is 0 Å². The van der Waals surface area contributed by atoms with Crippen LogP contribution in [0.2, 0.25) is 0 Å². The zero-order valence-electron chi connectivity index (χ0n) is 19.2. The molecule has 3 heterocycles. The third kappa shape index (κ3) is 4.53. The molecule has 5 atom stereocenters. The number of rotatable bonds is 8. The van der Waals surface area contributed by atoms with Crippen LogP contribution in [0.1, 0.15) is 11.8 Å². The van der Waals surface area contributed by atoms with E-state index in [9.17, 15) is 15.0 Å². The van der Waals surface area contributed by atoms with Gasteiger partial charge in [0.15, 0.2) is 23.2 Å². The third-order valence-corrected chi connectivity index (χ3v) is 5.85. The van der Waals surface area contributed by atoms with Gasteiger partial charge in [0.2, 0.25) is 5.91 Å². The highest BCUT2D eigenvalue weighted by atomic mass is 16.5. The number of imidazole rings is 1. The first-order chi connectivity index (χ1) is 16.3. The molecule has 1 aliphatic rings. The standard InChI is InChI=1S/C22H29N7O5/c1-28(2)19-17-20(25-10-24-19)29(11-26-17)22-18(31)16(15(9-30)34-22)27-21(32)14(23)8-12-4-6-13(33-3)7-5-12/h4-7,10-11,14-16,18,22,30-31H,8-9,23H2,1-3H3,(H,27,32)/t14-,15?,16+,18+,22+/m0/s1. The Morgan fingerprint density at radius 2 is 2.03 bits per heavy atom. The summed E-state index contributed by atoms with van der Waals surface area (Å²) in [6, 6.07) is 5.52. The number of amides is 1. The molecule has 0 radical (unpaired) electrons. The van der Waals surface area contributed by atoms with Crippen LogP contribution < -0.4 is 20.7 Å². The van der Waals surface area contributed by atoms with Crippen molar-refractivity contribution in [1.82, 2.24) is 24.8 Å². The number of aromatic nitrogens is 4. The minimum Gasteiger partial charge on any atom is -0.497 e. The summed E-state index contributed by atoms with van der Waals surface area (Å²) in [5, 5.41) is 23.6. The first kappa shape index (κ1) is 23.8. The second-order valence-electron chi connectivity index (χ2n) is 8.35. The van der Waals surface area contributed by atoms with Gasteiger partial charge in [-0.2, -0.15) is 0 Å². The van der Waals surface area contributed by atoms with Gasteiger partial charge in [-0.05, 0) is 24.1 Å². The lowest BCUT2D eigenvalue weighted by Gasteiger charge is -2.23. The number of nitrogens with zero attached hydrogens (tertiary/aromatic N) is 5. The van der Waals surface area contributed by atoms with Crippen LogP contribution in [0, 0.1) is 0 Å². The highest BCUT2D eigenvalue weighted by Crippen LogP contribution is 2.32. The summed E-state index contributed by atoms with van der Waals surface area (Å²) in [7, 11) is 5.25. The third-order valence-electron chi connectivity index (χ3n) is 5.85. The van der Waals surface area contributed by atoms with Crippen LogP contribution in [-0.4, -0.2) is 87.7 Å². The van der Waals surface area contributed by atoms with E-state index in [1.165, 1.54) is 12.7 Å². The topological polar surface area (TPSA) is 161 Å². The second-order valence-corrected chi connectivity index (χ2v) is 8.35. The molecule has 12 heteroatoms. The number of hydrogen-bond donors (Lipinski definition) is 4. The number of aliphatic hydroxyl groups excluding tert-OH is 2. The lowest BCUT2D eigenvalue weighted by molar-refractivity contribution is -0.124. The molecule has 12 nitrogen and oxygen atoms in total. The van der Waals surface area contributed by atoms with E-state index in [2.05, 4.69) is 20.3 Å². The summed E-state index contributed by atoms with van der Waals surface area (Å²) < 4.78 is 12.6. The van der Waals surface area contributed by atoms with Crippen molar-refractivity contribution < 1.29 is 24.5 Å². The van der Waals surface area contributed by atoms with Gasteiger partial charge in [-0.1, -0.05) is 12.1 Å². The van der Waals surface area contributed by atoms with Crippen LogP contribution in [0.4, 0.5) is 5.82 Å². The molecule has 0 bridgehead atoms. The Balaban J connectivity index is 1.49. The number of carbonyl (C=O) groups excluding carboxylic acids is 1. The van der Waals surface area contributed by atoms with E-state index in [4.69, 9.17) is 15.2 Å². The Morgan fingerprint density at radius 1 is 1.29 bits per heavy atom. The lowest BCUT2D eigenvalue weighted by atomic mass is 10.0. The number of hydrogen-bond acceptors (Lipinski definition) is 10. The van der Waals surface area contributed by atoms with Crippen LogP contribution in [0.25, 0.3) is 11.2 Å². The predicted molar refractivity (Wildman–Crippen MR) is 123 cm³/mol. The Morgan fingerprint density at radius 3 is 2.68 bits per heavy atom. The number of methoxy groups -OCH3 is 1. The summed E-state index contributed by atoms with van der Waals surface area (Å²) in [6.45, 7) is -0.406. The number of ether oxygens (including phenoxy) is 2. The number of nitrogens with two attached hydrogens (primary N) is 1. The van der Waals surface area contributed by atoms with E-state index in [1.54, 1.807) is 28.7 Å². The van der Waals surface area contributed by atoms with Gasteiger partial charge in [0.25, 0.3) is 0 Å². The van der Waals surface area contributed by atoms with E-state index in [1.807, 2.05) is 26.2 Å². The van der Waals surface area contributed by atoms with E-state index in [0.29, 0.717) is 29.2 Å². The van der Waals surface area contributed by atoms with Crippen molar-refractivity contribution in [3.05, 3.63) is 42.5 Å². The zero-order chi connectivity index (χ0) is 24.4. The number of anilines is 1. The molecule has 1 aromatic carbocycles. The van der Waals surface area contributed by atoms with Gasteiger partial charge in [-0.3, -0.25) is 9.36 Å². The van der Waals surface area contributed by atoms with Gasteiger partial charge in [0, 0.05) is 14.1 Å². The predicted octanol–water partition coefficient (Wildman–Crippen LogP) is -0.794. The molecule has 1 unspecified atom stereocenters. The molecule has 1 aliphatic heterocycles. The molecule has 1 saturated heterocycles. The Bertz CT molecular complexity index is 1140. The number of fused-ring (bicyclic) bond motifs is 1. The summed E-state index contributed by atoms with van der Waals surface area (Å²) in [4.78, 5) is 27.5. The van der Waals surface area contributed by atoms with Crippen LogP contribution >= 0.6 is 0 Å². The molecule has 0 saturated carbocycles. The summed E-state index contributed by atoms with van der Waals surface area (Å²) in [6.07, 6.45) is 0.250. The number of benzene rings is 1. The maximum absolute atomic E-state index is 12.8. The SMILES string of the molecule is COc1ccc(C[C@H](N)C(=O)N[C@@H]2C(CO)O[C@@H](n3cnc4c(N(C)C)ncnc43)[C@@H]2O)cc1. The van der Waals surface area contributed by atoms with Crippen molar-refractivity contribution in [1.29, 1.82) is 0 Å². The maximum atomic E-state index is 12.8. The quantitative estimate of drug-likeness (QED) is 0.328. The summed E-state index contributed by atoms with van der Waals surface area (Å²) >= 11 is 0. The first-order valence-electron chi connectivity index (χ1n) is 10.8. The largest absolute Gasteiger partial charge is 0.497 e. The smallest absolute Gasteiger partial charge is 0.237 e. The number of nitrogens with one attached hydrogen (secondary N) is 1. The fraction of sp³-hybridized carbons (Fsp3) is 0.455. The zero-order valence-corrected chi connectivity index (χ0v) is 19.2. The van der Waals surface area contributed by atoms with E-state index in [0.717, 1.165) is 5.56 Å².